The number of carbonyl (C=O) groups is 1. The van der Waals surface area contributed by atoms with Gasteiger partial charge in [-0.05, 0) is 39.0 Å². The number of piperazine rings is 1. The van der Waals surface area contributed by atoms with Crippen molar-refractivity contribution < 1.29 is 9.53 Å². The number of hydrogen-bond acceptors (Lipinski definition) is 3. The van der Waals surface area contributed by atoms with Crippen LogP contribution >= 0.6 is 0 Å². The van der Waals surface area contributed by atoms with Gasteiger partial charge < -0.3 is 10.1 Å². The zero-order valence-electron chi connectivity index (χ0n) is 10.2. The molecule has 0 aromatic heterocycles. The Balaban J connectivity index is 1.74. The Hall–Kier alpha value is -0.770. The molecule has 3 aliphatic rings. The minimum absolute atomic E-state index is 0.115. The molecule has 0 radical (unpaired) electrons. The van der Waals surface area contributed by atoms with Crippen molar-refractivity contribution in [2.24, 2.45) is 11.8 Å². The Morgan fingerprint density at radius 1 is 1.25 bits per heavy atom. The highest BCUT2D eigenvalue weighted by Gasteiger charge is 2.61. The van der Waals surface area contributed by atoms with Crippen LogP contribution in [0, 0.1) is 11.8 Å². The summed E-state index contributed by atoms with van der Waals surface area (Å²) in [6.07, 6.45) is 1.20. The van der Waals surface area contributed by atoms with Crippen LogP contribution in [0.15, 0.2) is 0 Å². The van der Waals surface area contributed by atoms with Crippen molar-refractivity contribution in [1.82, 2.24) is 10.2 Å². The van der Waals surface area contributed by atoms with Gasteiger partial charge in [-0.25, -0.2) is 4.79 Å². The highest BCUT2D eigenvalue weighted by atomic mass is 16.6. The maximum atomic E-state index is 12.1. The number of nitrogens with one attached hydrogen (secondary N) is 1. The van der Waals surface area contributed by atoms with Gasteiger partial charge in [0, 0.05) is 13.1 Å². The van der Waals surface area contributed by atoms with E-state index < -0.39 is 0 Å². The maximum absolute atomic E-state index is 12.1. The van der Waals surface area contributed by atoms with Crippen molar-refractivity contribution in [3.8, 4) is 0 Å². The van der Waals surface area contributed by atoms with Gasteiger partial charge >= 0.3 is 6.09 Å². The van der Waals surface area contributed by atoms with Gasteiger partial charge in [-0.2, -0.15) is 0 Å². The fraction of sp³-hybridized carbons (Fsp3) is 0.917. The highest BCUT2D eigenvalue weighted by Crippen LogP contribution is 2.54. The van der Waals surface area contributed by atoms with Gasteiger partial charge in [-0.3, -0.25) is 4.90 Å². The van der Waals surface area contributed by atoms with Crippen molar-refractivity contribution in [3.63, 3.8) is 0 Å². The number of nitrogens with zero attached hydrogens (tertiary/aromatic N) is 1. The maximum Gasteiger partial charge on any atom is 0.410 e. The zero-order valence-corrected chi connectivity index (χ0v) is 10.2. The molecule has 0 aromatic rings. The number of rotatable bonds is 0. The lowest BCUT2D eigenvalue weighted by Gasteiger charge is -2.38. The average Bonchev–Trinajstić information content (AvgIpc) is 2.89. The molecule has 4 heteroatoms. The van der Waals surface area contributed by atoms with E-state index in [0.29, 0.717) is 12.1 Å². The normalized spacial score (nSPS) is 40.6. The molecule has 2 heterocycles. The van der Waals surface area contributed by atoms with E-state index in [4.69, 9.17) is 4.74 Å². The summed E-state index contributed by atoms with van der Waals surface area (Å²) in [5, 5.41) is 3.41. The molecular formula is C12H20N2O2. The lowest BCUT2D eigenvalue weighted by atomic mass is 10.1. The van der Waals surface area contributed by atoms with Gasteiger partial charge in [0.15, 0.2) is 0 Å². The number of hydrogen-bond donors (Lipinski definition) is 1. The third kappa shape index (κ3) is 1.51. The first-order valence-electron chi connectivity index (χ1n) is 6.19. The van der Waals surface area contributed by atoms with E-state index in [1.807, 2.05) is 25.7 Å². The van der Waals surface area contributed by atoms with Gasteiger partial charge in [0.2, 0.25) is 0 Å². The van der Waals surface area contributed by atoms with E-state index >= 15 is 0 Å². The molecule has 4 unspecified atom stereocenters. The number of amides is 1. The van der Waals surface area contributed by atoms with Gasteiger partial charge in [0.25, 0.3) is 0 Å². The SMILES string of the molecule is CC(C)(C)OC(=O)N1C2CNCC1C1CC12. The molecule has 2 aliphatic heterocycles. The van der Waals surface area contributed by atoms with Crippen LogP contribution < -0.4 is 5.32 Å². The van der Waals surface area contributed by atoms with Crippen LogP contribution in [0.1, 0.15) is 27.2 Å². The van der Waals surface area contributed by atoms with E-state index in [0.717, 1.165) is 24.9 Å². The van der Waals surface area contributed by atoms with Crippen LogP contribution in [0.25, 0.3) is 0 Å². The smallest absolute Gasteiger partial charge is 0.410 e. The molecule has 0 aromatic carbocycles. The highest BCUT2D eigenvalue weighted by molar-refractivity contribution is 5.70. The summed E-state index contributed by atoms with van der Waals surface area (Å²) < 4.78 is 5.49. The van der Waals surface area contributed by atoms with E-state index in [2.05, 4.69) is 5.32 Å². The molecule has 3 rings (SSSR count). The van der Waals surface area contributed by atoms with Crippen molar-refractivity contribution in [3.05, 3.63) is 0 Å². The van der Waals surface area contributed by atoms with Gasteiger partial charge in [-0.15, -0.1) is 0 Å². The fourth-order valence-electron chi connectivity index (χ4n) is 3.24. The quantitative estimate of drug-likeness (QED) is 0.672. The van der Waals surface area contributed by atoms with Crippen molar-refractivity contribution >= 4 is 6.09 Å². The van der Waals surface area contributed by atoms with Gasteiger partial charge in [-0.1, -0.05) is 0 Å². The summed E-state index contributed by atoms with van der Waals surface area (Å²) in [5.74, 6) is 1.49. The van der Waals surface area contributed by atoms with Crippen LogP contribution in [0.2, 0.25) is 0 Å². The van der Waals surface area contributed by atoms with E-state index in [-0.39, 0.29) is 11.7 Å². The molecule has 1 N–H and O–H groups in total. The standard InChI is InChI=1S/C12H20N2O2/c1-12(2,3)16-11(15)14-9-5-13-6-10(14)8-4-7(8)9/h7-10,13H,4-6H2,1-3H3. The van der Waals surface area contributed by atoms with Crippen LogP contribution in [0.4, 0.5) is 4.79 Å². The summed E-state index contributed by atoms with van der Waals surface area (Å²) in [6.45, 7) is 7.66. The average molecular weight is 224 g/mol. The van der Waals surface area contributed by atoms with Crippen molar-refractivity contribution in [2.75, 3.05) is 13.1 Å². The molecular weight excluding hydrogens is 204 g/mol. The van der Waals surface area contributed by atoms with Crippen molar-refractivity contribution in [1.29, 1.82) is 0 Å². The second-order valence-corrected chi connectivity index (χ2v) is 6.24. The minimum Gasteiger partial charge on any atom is -0.444 e. The number of carbonyl (C=O) groups excluding carboxylic acids is 1. The first kappa shape index (κ1) is 10.4. The number of fused-ring (bicyclic) bond motifs is 5. The second kappa shape index (κ2) is 3.13. The monoisotopic (exact) mass is 224 g/mol. The van der Waals surface area contributed by atoms with Gasteiger partial charge in [0.05, 0.1) is 12.1 Å². The summed E-state index contributed by atoms with van der Waals surface area (Å²) in [6, 6.07) is 0.775. The Kier molecular flexibility index (Phi) is 2.03. The fourth-order valence-corrected chi connectivity index (χ4v) is 3.24. The third-order valence-electron chi connectivity index (χ3n) is 3.91. The molecule has 90 valence electrons. The molecule has 16 heavy (non-hydrogen) atoms. The summed E-state index contributed by atoms with van der Waals surface area (Å²) in [5.41, 5.74) is -0.383. The van der Waals surface area contributed by atoms with E-state index in [1.54, 1.807) is 0 Å². The molecule has 0 spiro atoms. The molecule has 2 bridgehead atoms. The predicted octanol–water partition coefficient (Wildman–Crippen LogP) is 1.21. The molecule has 3 fully saturated rings. The van der Waals surface area contributed by atoms with E-state index in [9.17, 15) is 4.79 Å². The van der Waals surface area contributed by atoms with Crippen LogP contribution in [0.3, 0.4) is 0 Å². The second-order valence-electron chi connectivity index (χ2n) is 6.24. The van der Waals surface area contributed by atoms with E-state index in [1.165, 1.54) is 6.42 Å². The molecule has 1 amide bonds. The molecule has 4 nitrogen and oxygen atoms in total. The first-order chi connectivity index (χ1) is 7.47. The zero-order chi connectivity index (χ0) is 11.5. The lowest BCUT2D eigenvalue weighted by Crippen LogP contribution is -2.57. The van der Waals surface area contributed by atoms with Crippen LogP contribution in [-0.4, -0.2) is 41.8 Å². The third-order valence-corrected chi connectivity index (χ3v) is 3.91. The van der Waals surface area contributed by atoms with Gasteiger partial charge in [0.1, 0.15) is 5.60 Å². The predicted molar refractivity (Wildman–Crippen MR) is 60.1 cm³/mol. The summed E-state index contributed by atoms with van der Waals surface area (Å²) in [4.78, 5) is 14.1. The van der Waals surface area contributed by atoms with Crippen LogP contribution in [-0.2, 0) is 4.74 Å². The minimum atomic E-state index is -0.383. The largest absolute Gasteiger partial charge is 0.444 e. The Labute approximate surface area is 96.3 Å². The first-order valence-corrected chi connectivity index (χ1v) is 6.19. The molecule has 4 atom stereocenters. The summed E-state index contributed by atoms with van der Waals surface area (Å²) in [7, 11) is 0. The Bertz CT molecular complexity index is 307. The topological polar surface area (TPSA) is 41.6 Å². The van der Waals surface area contributed by atoms with Crippen molar-refractivity contribution in [2.45, 2.75) is 44.9 Å². The van der Waals surface area contributed by atoms with Crippen LogP contribution in [0.5, 0.6) is 0 Å². The lowest BCUT2D eigenvalue weighted by molar-refractivity contribution is 0.00429. The Morgan fingerprint density at radius 2 is 1.81 bits per heavy atom. The molecule has 2 saturated heterocycles. The molecule has 1 aliphatic carbocycles. The Morgan fingerprint density at radius 3 is 2.31 bits per heavy atom. The number of ether oxygens (including phenoxy) is 1. The molecule has 1 saturated carbocycles. The summed E-state index contributed by atoms with van der Waals surface area (Å²) >= 11 is 0. The number of piperidine rings is 1.